The zero-order chi connectivity index (χ0) is 14.1. The first-order chi connectivity index (χ1) is 9.61. The molecule has 1 saturated heterocycles. The van der Waals surface area contributed by atoms with Crippen molar-refractivity contribution in [3.8, 4) is 11.3 Å². The van der Waals surface area contributed by atoms with Gasteiger partial charge in [-0.25, -0.2) is 0 Å². The molecule has 2 heterocycles. The zero-order valence-electron chi connectivity index (χ0n) is 10.1. The van der Waals surface area contributed by atoms with Crippen LogP contribution in [0.2, 0.25) is 5.02 Å². The van der Waals surface area contributed by atoms with E-state index in [9.17, 15) is 4.79 Å². The fourth-order valence-corrected chi connectivity index (χ4v) is 2.98. The second kappa shape index (κ2) is 5.44. The predicted molar refractivity (Wildman–Crippen MR) is 85.9 cm³/mol. The fourth-order valence-electron chi connectivity index (χ4n) is 1.78. The van der Waals surface area contributed by atoms with E-state index in [1.54, 1.807) is 6.08 Å². The third-order valence-electron chi connectivity index (χ3n) is 2.65. The maximum absolute atomic E-state index is 11.2. The summed E-state index contributed by atoms with van der Waals surface area (Å²) < 4.78 is 5.72. The number of rotatable bonds is 2. The summed E-state index contributed by atoms with van der Waals surface area (Å²) in [6.45, 7) is 0. The molecule has 6 heteroatoms. The van der Waals surface area contributed by atoms with Gasteiger partial charge in [0, 0.05) is 10.6 Å². The topological polar surface area (TPSA) is 42.2 Å². The lowest BCUT2D eigenvalue weighted by molar-refractivity contribution is 0.265. The van der Waals surface area contributed by atoms with E-state index >= 15 is 0 Å². The maximum Gasteiger partial charge on any atom is 0.289 e. The second-order valence-electron chi connectivity index (χ2n) is 4.06. The molecule has 0 unspecified atom stereocenters. The molecule has 20 heavy (non-hydrogen) atoms. The summed E-state index contributed by atoms with van der Waals surface area (Å²) in [5.74, 6) is 1.36. The van der Waals surface area contributed by atoms with Gasteiger partial charge in [0.2, 0.25) is 0 Å². The summed E-state index contributed by atoms with van der Waals surface area (Å²) in [4.78, 5) is 12.3. The summed E-state index contributed by atoms with van der Waals surface area (Å²) in [5.41, 5.74) is 0.901. The minimum absolute atomic E-state index is 0.164. The Labute approximate surface area is 130 Å². The summed E-state index contributed by atoms with van der Waals surface area (Å²) >= 11 is 12.1. The Morgan fingerprint density at radius 3 is 2.85 bits per heavy atom. The molecule has 1 aromatic heterocycles. The highest BCUT2D eigenvalue weighted by Crippen LogP contribution is 2.29. The van der Waals surface area contributed by atoms with Crippen LogP contribution in [-0.2, 0) is 0 Å². The van der Waals surface area contributed by atoms with Crippen LogP contribution in [0.3, 0.4) is 0 Å². The molecule has 3 rings (SSSR count). The van der Waals surface area contributed by atoms with Crippen LogP contribution in [0.1, 0.15) is 5.76 Å². The van der Waals surface area contributed by atoms with E-state index in [2.05, 4.69) is 5.32 Å². The molecule has 1 aromatic carbocycles. The molecular weight excluding hydrogens is 314 g/mol. The largest absolute Gasteiger partial charge is 0.457 e. The lowest BCUT2D eigenvalue weighted by Gasteiger charge is -1.97. The molecule has 0 aliphatic carbocycles. The molecule has 100 valence electrons. The molecular formula is C14H8ClNO2S2. The number of carbonyl (C=O) groups excluding carboxylic acids is 1. The van der Waals surface area contributed by atoms with Gasteiger partial charge in [0.1, 0.15) is 16.5 Å². The van der Waals surface area contributed by atoms with Crippen molar-refractivity contribution >= 4 is 51.9 Å². The van der Waals surface area contributed by atoms with Gasteiger partial charge in [-0.3, -0.25) is 4.79 Å². The highest BCUT2D eigenvalue weighted by atomic mass is 35.5. The molecule has 1 aliphatic heterocycles. The molecule has 1 amide bonds. The molecule has 1 N–H and O–H groups in total. The van der Waals surface area contributed by atoms with Crippen molar-refractivity contribution in [1.82, 2.24) is 5.32 Å². The number of furan rings is 1. The minimum atomic E-state index is -0.164. The van der Waals surface area contributed by atoms with Crippen LogP contribution in [0.5, 0.6) is 0 Å². The van der Waals surface area contributed by atoms with Crippen molar-refractivity contribution < 1.29 is 9.21 Å². The van der Waals surface area contributed by atoms with E-state index in [4.69, 9.17) is 28.2 Å². The molecule has 1 aliphatic rings. The highest BCUT2D eigenvalue weighted by molar-refractivity contribution is 8.19. The van der Waals surface area contributed by atoms with E-state index in [1.807, 2.05) is 36.4 Å². The zero-order valence-corrected chi connectivity index (χ0v) is 12.4. The van der Waals surface area contributed by atoms with Crippen LogP contribution >= 0.6 is 35.6 Å². The molecule has 2 aromatic rings. The van der Waals surface area contributed by atoms with Crippen LogP contribution in [0.4, 0.5) is 4.79 Å². The predicted octanol–water partition coefficient (Wildman–Crippen LogP) is 4.72. The molecule has 0 radical (unpaired) electrons. The van der Waals surface area contributed by atoms with E-state index in [0.29, 0.717) is 26.4 Å². The van der Waals surface area contributed by atoms with Crippen LogP contribution in [-0.4, -0.2) is 10.2 Å². The molecule has 0 saturated carbocycles. The van der Waals surface area contributed by atoms with Crippen molar-refractivity contribution in [1.29, 1.82) is 0 Å². The molecule has 3 nitrogen and oxygen atoms in total. The van der Waals surface area contributed by atoms with Gasteiger partial charge in [-0.05, 0) is 42.1 Å². The van der Waals surface area contributed by atoms with E-state index in [-0.39, 0.29) is 5.24 Å². The second-order valence-corrected chi connectivity index (χ2v) is 5.92. The van der Waals surface area contributed by atoms with Crippen molar-refractivity contribution in [3.63, 3.8) is 0 Å². The van der Waals surface area contributed by atoms with Gasteiger partial charge in [0.25, 0.3) is 5.24 Å². The van der Waals surface area contributed by atoms with Gasteiger partial charge in [-0.2, -0.15) is 0 Å². The first-order valence-electron chi connectivity index (χ1n) is 5.72. The third-order valence-corrected chi connectivity index (χ3v) is 4.17. The lowest BCUT2D eigenvalue weighted by Crippen LogP contribution is -2.15. The molecule has 0 spiro atoms. The van der Waals surface area contributed by atoms with Crippen LogP contribution < -0.4 is 5.32 Å². The van der Waals surface area contributed by atoms with Crippen molar-refractivity contribution in [2.24, 2.45) is 0 Å². The Kier molecular flexibility index (Phi) is 3.65. The van der Waals surface area contributed by atoms with Gasteiger partial charge in [-0.1, -0.05) is 36.0 Å². The number of amides is 1. The summed E-state index contributed by atoms with van der Waals surface area (Å²) in [5, 5.41) is 3.05. The van der Waals surface area contributed by atoms with Gasteiger partial charge in [0.05, 0.1) is 4.91 Å². The quantitative estimate of drug-likeness (QED) is 0.641. The first-order valence-corrected chi connectivity index (χ1v) is 7.33. The van der Waals surface area contributed by atoms with Crippen LogP contribution in [0.15, 0.2) is 45.7 Å². The van der Waals surface area contributed by atoms with Crippen molar-refractivity contribution in [3.05, 3.63) is 52.1 Å². The van der Waals surface area contributed by atoms with Gasteiger partial charge >= 0.3 is 0 Å². The fraction of sp³-hybridized carbons (Fsp3) is 0. The van der Waals surface area contributed by atoms with E-state index in [1.165, 1.54) is 0 Å². The number of nitrogens with one attached hydrogen (secondary N) is 1. The van der Waals surface area contributed by atoms with Crippen LogP contribution in [0.25, 0.3) is 17.4 Å². The summed E-state index contributed by atoms with van der Waals surface area (Å²) in [7, 11) is 0. The van der Waals surface area contributed by atoms with Gasteiger partial charge in [-0.15, -0.1) is 0 Å². The van der Waals surface area contributed by atoms with E-state index in [0.717, 1.165) is 17.3 Å². The Balaban J connectivity index is 1.89. The molecule has 0 bridgehead atoms. The Bertz CT molecular complexity index is 736. The number of hydrogen-bond acceptors (Lipinski definition) is 4. The Morgan fingerprint density at radius 2 is 2.15 bits per heavy atom. The van der Waals surface area contributed by atoms with Gasteiger partial charge < -0.3 is 9.73 Å². The Morgan fingerprint density at radius 1 is 1.30 bits per heavy atom. The minimum Gasteiger partial charge on any atom is -0.457 e. The average molecular weight is 322 g/mol. The third kappa shape index (κ3) is 2.80. The van der Waals surface area contributed by atoms with E-state index < -0.39 is 0 Å². The van der Waals surface area contributed by atoms with Gasteiger partial charge in [0.15, 0.2) is 0 Å². The van der Waals surface area contributed by atoms with Crippen LogP contribution in [0, 0.1) is 0 Å². The standard InChI is InChI=1S/C14H8ClNO2S2/c15-9-3-1-2-8(6-9)11-5-4-10(18-11)7-12-13(19)16-14(17)20-12/h1-7H,(H,16,17,19)/b12-7-. The monoisotopic (exact) mass is 321 g/mol. The number of carbonyl (C=O) groups is 1. The number of thiocarbonyl (C=S) groups is 1. The average Bonchev–Trinajstić information content (AvgIpc) is 2.97. The summed E-state index contributed by atoms with van der Waals surface area (Å²) in [6, 6.07) is 11.1. The molecule has 0 atom stereocenters. The molecule has 1 fully saturated rings. The number of hydrogen-bond donors (Lipinski definition) is 1. The number of halogens is 1. The number of thioether (sulfide) groups is 1. The van der Waals surface area contributed by atoms with Crippen molar-refractivity contribution in [2.45, 2.75) is 0 Å². The SMILES string of the molecule is O=C1NC(=S)/C(=C/c2ccc(-c3cccc(Cl)c3)o2)S1. The lowest BCUT2D eigenvalue weighted by atomic mass is 10.2. The van der Waals surface area contributed by atoms with Crippen molar-refractivity contribution in [2.75, 3.05) is 0 Å². The number of benzene rings is 1. The smallest absolute Gasteiger partial charge is 0.289 e. The summed E-state index contributed by atoms with van der Waals surface area (Å²) in [6.07, 6.45) is 1.75. The maximum atomic E-state index is 11.2. The normalized spacial score (nSPS) is 16.8. The highest BCUT2D eigenvalue weighted by Gasteiger charge is 2.21. The first kappa shape index (κ1) is 13.4. The Hall–Kier alpha value is -1.56.